The SMILES string of the molecule is O=C1NCCC[C@@]12CC[C@H](c1cc(-c3ccc(F)cc3)ccn1)O2. The van der Waals surface area contributed by atoms with Crippen molar-refractivity contribution in [2.24, 2.45) is 0 Å². The summed E-state index contributed by atoms with van der Waals surface area (Å²) in [7, 11) is 0. The third-order valence-electron chi connectivity index (χ3n) is 4.92. The number of hydrogen-bond acceptors (Lipinski definition) is 3. The second-order valence-electron chi connectivity index (χ2n) is 6.48. The van der Waals surface area contributed by atoms with Crippen molar-refractivity contribution in [3.8, 4) is 11.1 Å². The number of piperidine rings is 1. The van der Waals surface area contributed by atoms with Gasteiger partial charge in [-0.15, -0.1) is 0 Å². The molecule has 2 aromatic rings. The Morgan fingerprint density at radius 1 is 1.17 bits per heavy atom. The Kier molecular flexibility index (Phi) is 3.81. The standard InChI is InChI=1S/C19H19FN2O2/c20-15-4-2-13(3-5-15)14-7-11-21-16(12-14)17-6-9-19(24-17)8-1-10-22-18(19)23/h2-5,7,11-12,17H,1,6,8-10H2,(H,22,23)/t17-,19-/m1/s1. The van der Waals surface area contributed by atoms with Gasteiger partial charge in [-0.25, -0.2) is 4.39 Å². The molecule has 0 bridgehead atoms. The van der Waals surface area contributed by atoms with Crippen LogP contribution >= 0.6 is 0 Å². The highest BCUT2D eigenvalue weighted by Gasteiger charge is 2.48. The minimum absolute atomic E-state index is 0.00550. The highest BCUT2D eigenvalue weighted by atomic mass is 19.1. The average Bonchev–Trinajstić information content (AvgIpc) is 3.04. The van der Waals surface area contributed by atoms with Crippen LogP contribution in [0.3, 0.4) is 0 Å². The molecule has 2 atom stereocenters. The highest BCUT2D eigenvalue weighted by Crippen LogP contribution is 2.43. The van der Waals surface area contributed by atoms with Crippen molar-refractivity contribution in [1.82, 2.24) is 10.3 Å². The van der Waals surface area contributed by atoms with Crippen molar-refractivity contribution in [1.29, 1.82) is 0 Å². The maximum Gasteiger partial charge on any atom is 0.252 e. The van der Waals surface area contributed by atoms with E-state index in [0.29, 0.717) is 0 Å². The molecule has 0 saturated carbocycles. The van der Waals surface area contributed by atoms with Gasteiger partial charge in [0.15, 0.2) is 0 Å². The molecule has 4 nitrogen and oxygen atoms in total. The maximum atomic E-state index is 13.1. The van der Waals surface area contributed by atoms with Gasteiger partial charge in [-0.2, -0.15) is 0 Å². The average molecular weight is 326 g/mol. The lowest BCUT2D eigenvalue weighted by Crippen LogP contribution is -2.50. The van der Waals surface area contributed by atoms with E-state index in [2.05, 4.69) is 10.3 Å². The summed E-state index contributed by atoms with van der Waals surface area (Å²) in [6, 6.07) is 10.3. The van der Waals surface area contributed by atoms with Crippen molar-refractivity contribution in [3.63, 3.8) is 0 Å². The van der Waals surface area contributed by atoms with Crippen LogP contribution in [0.25, 0.3) is 11.1 Å². The van der Waals surface area contributed by atoms with Crippen molar-refractivity contribution in [2.75, 3.05) is 6.54 Å². The number of carbonyl (C=O) groups excluding carboxylic acids is 1. The molecule has 24 heavy (non-hydrogen) atoms. The predicted octanol–water partition coefficient (Wildman–Crippen LogP) is 3.39. The van der Waals surface area contributed by atoms with Crippen molar-refractivity contribution in [3.05, 3.63) is 54.1 Å². The van der Waals surface area contributed by atoms with Gasteiger partial charge in [0.2, 0.25) is 0 Å². The fourth-order valence-electron chi connectivity index (χ4n) is 3.61. The van der Waals surface area contributed by atoms with Gasteiger partial charge in [-0.05, 0) is 61.1 Å². The molecule has 124 valence electrons. The lowest BCUT2D eigenvalue weighted by atomic mass is 9.90. The quantitative estimate of drug-likeness (QED) is 0.920. The number of aromatic nitrogens is 1. The summed E-state index contributed by atoms with van der Waals surface area (Å²) in [4.78, 5) is 16.7. The first-order valence-electron chi connectivity index (χ1n) is 8.34. The van der Waals surface area contributed by atoms with Gasteiger partial charge in [0.25, 0.3) is 5.91 Å². The Morgan fingerprint density at radius 2 is 2.00 bits per heavy atom. The molecule has 1 aromatic heterocycles. The van der Waals surface area contributed by atoms with E-state index in [9.17, 15) is 9.18 Å². The molecule has 1 amide bonds. The molecular weight excluding hydrogens is 307 g/mol. The van der Waals surface area contributed by atoms with E-state index in [1.807, 2.05) is 12.1 Å². The number of amides is 1. The monoisotopic (exact) mass is 326 g/mol. The number of nitrogens with zero attached hydrogens (tertiary/aromatic N) is 1. The van der Waals surface area contributed by atoms with E-state index in [1.54, 1.807) is 18.3 Å². The predicted molar refractivity (Wildman–Crippen MR) is 87.7 cm³/mol. The van der Waals surface area contributed by atoms with Crippen LogP contribution in [0.15, 0.2) is 42.6 Å². The summed E-state index contributed by atoms with van der Waals surface area (Å²) in [6.07, 6.45) is 4.80. The van der Waals surface area contributed by atoms with Crippen LogP contribution in [0.2, 0.25) is 0 Å². The lowest BCUT2D eigenvalue weighted by Gasteiger charge is -2.32. The molecule has 5 heteroatoms. The summed E-state index contributed by atoms with van der Waals surface area (Å²) in [5, 5.41) is 2.91. The van der Waals surface area contributed by atoms with Crippen molar-refractivity contribution >= 4 is 5.91 Å². The van der Waals surface area contributed by atoms with Gasteiger partial charge in [-0.1, -0.05) is 12.1 Å². The maximum absolute atomic E-state index is 13.1. The van der Waals surface area contributed by atoms with E-state index in [0.717, 1.165) is 49.0 Å². The molecule has 1 aromatic carbocycles. The molecule has 0 aliphatic carbocycles. The van der Waals surface area contributed by atoms with Crippen LogP contribution in [0.4, 0.5) is 4.39 Å². The number of nitrogens with one attached hydrogen (secondary N) is 1. The molecule has 1 N–H and O–H groups in total. The van der Waals surface area contributed by atoms with E-state index in [-0.39, 0.29) is 17.8 Å². The Bertz CT molecular complexity index is 762. The van der Waals surface area contributed by atoms with Crippen LogP contribution in [0.5, 0.6) is 0 Å². The second kappa shape index (κ2) is 5.98. The Hall–Kier alpha value is -2.27. The normalized spacial score (nSPS) is 26.5. The minimum Gasteiger partial charge on any atom is -0.356 e. The Morgan fingerprint density at radius 3 is 2.79 bits per heavy atom. The number of pyridine rings is 1. The van der Waals surface area contributed by atoms with Crippen molar-refractivity contribution < 1.29 is 13.9 Å². The summed E-state index contributed by atoms with van der Waals surface area (Å²) < 4.78 is 19.3. The third-order valence-corrected chi connectivity index (χ3v) is 4.92. The largest absolute Gasteiger partial charge is 0.356 e. The number of benzene rings is 1. The number of carbonyl (C=O) groups is 1. The zero-order valence-electron chi connectivity index (χ0n) is 13.3. The van der Waals surface area contributed by atoms with Gasteiger partial charge < -0.3 is 10.1 Å². The fraction of sp³-hybridized carbons (Fsp3) is 0.368. The lowest BCUT2D eigenvalue weighted by molar-refractivity contribution is -0.150. The van der Waals surface area contributed by atoms with E-state index in [1.165, 1.54) is 12.1 Å². The van der Waals surface area contributed by atoms with Crippen LogP contribution in [0.1, 0.15) is 37.5 Å². The first kappa shape index (κ1) is 15.3. The third kappa shape index (κ3) is 2.69. The van der Waals surface area contributed by atoms with E-state index < -0.39 is 5.60 Å². The Balaban J connectivity index is 1.58. The molecule has 2 aliphatic rings. The number of halogens is 1. The molecule has 2 fully saturated rings. The van der Waals surface area contributed by atoms with Crippen LogP contribution in [0, 0.1) is 5.82 Å². The van der Waals surface area contributed by atoms with E-state index in [4.69, 9.17) is 4.74 Å². The fourth-order valence-corrected chi connectivity index (χ4v) is 3.61. The van der Waals surface area contributed by atoms with Gasteiger partial charge >= 0.3 is 0 Å². The first-order valence-corrected chi connectivity index (χ1v) is 8.34. The first-order chi connectivity index (χ1) is 11.7. The number of hydrogen-bond donors (Lipinski definition) is 1. The van der Waals surface area contributed by atoms with Crippen LogP contribution < -0.4 is 5.32 Å². The topological polar surface area (TPSA) is 51.2 Å². The zero-order valence-corrected chi connectivity index (χ0v) is 13.3. The highest BCUT2D eigenvalue weighted by molar-refractivity contribution is 5.86. The number of rotatable bonds is 2. The van der Waals surface area contributed by atoms with Gasteiger partial charge in [0, 0.05) is 12.7 Å². The van der Waals surface area contributed by atoms with Gasteiger partial charge in [-0.3, -0.25) is 9.78 Å². The second-order valence-corrected chi connectivity index (χ2v) is 6.48. The molecule has 1 spiro atoms. The van der Waals surface area contributed by atoms with Gasteiger partial charge in [0.1, 0.15) is 17.5 Å². The smallest absolute Gasteiger partial charge is 0.252 e. The van der Waals surface area contributed by atoms with Gasteiger partial charge in [0.05, 0.1) is 5.69 Å². The molecule has 4 rings (SSSR count). The molecule has 0 radical (unpaired) electrons. The summed E-state index contributed by atoms with van der Waals surface area (Å²) in [5.41, 5.74) is 2.05. The zero-order chi connectivity index (χ0) is 16.6. The Labute approximate surface area is 140 Å². The van der Waals surface area contributed by atoms with Crippen molar-refractivity contribution in [2.45, 2.75) is 37.4 Å². The summed E-state index contributed by atoms with van der Waals surface area (Å²) in [6.45, 7) is 0.729. The molecule has 2 saturated heterocycles. The van der Waals surface area contributed by atoms with Crippen LogP contribution in [-0.2, 0) is 9.53 Å². The van der Waals surface area contributed by atoms with Crippen LogP contribution in [-0.4, -0.2) is 23.0 Å². The summed E-state index contributed by atoms with van der Waals surface area (Å²) >= 11 is 0. The van der Waals surface area contributed by atoms with E-state index >= 15 is 0 Å². The minimum atomic E-state index is -0.684. The molecular formula is C19H19FN2O2. The molecule has 0 unspecified atom stereocenters. The number of ether oxygens (including phenoxy) is 1. The molecule has 3 heterocycles. The molecule has 2 aliphatic heterocycles. The summed E-state index contributed by atoms with van der Waals surface area (Å²) in [5.74, 6) is -0.247.